The number of anilines is 1. The fourth-order valence-corrected chi connectivity index (χ4v) is 2.91. The molecular formula is C16H16ClF3N6O. The van der Waals surface area contributed by atoms with Gasteiger partial charge in [0.25, 0.3) is 0 Å². The summed E-state index contributed by atoms with van der Waals surface area (Å²) in [4.78, 5) is 16.0. The lowest BCUT2D eigenvalue weighted by Gasteiger charge is -2.36. The molecule has 0 radical (unpaired) electrons. The van der Waals surface area contributed by atoms with Crippen LogP contribution in [-0.2, 0) is 6.18 Å². The molecule has 11 heteroatoms. The van der Waals surface area contributed by atoms with Crippen LogP contribution in [0.3, 0.4) is 0 Å². The minimum absolute atomic E-state index is 0.156. The second kappa shape index (κ2) is 7.97. The molecule has 2 N–H and O–H groups in total. The number of hydrogen-bond donors (Lipinski definition) is 2. The Labute approximate surface area is 158 Å². The van der Waals surface area contributed by atoms with Gasteiger partial charge >= 0.3 is 6.18 Å². The Hall–Kier alpha value is -2.59. The molecule has 1 fully saturated rings. The van der Waals surface area contributed by atoms with Crippen LogP contribution in [0.2, 0.25) is 5.02 Å². The third-order valence-corrected chi connectivity index (χ3v) is 4.32. The predicted molar refractivity (Wildman–Crippen MR) is 94.3 cm³/mol. The van der Waals surface area contributed by atoms with Gasteiger partial charge in [-0.05, 0) is 24.3 Å². The first-order valence-electron chi connectivity index (χ1n) is 8.00. The average molecular weight is 401 g/mol. The van der Waals surface area contributed by atoms with E-state index in [1.165, 1.54) is 24.7 Å². The summed E-state index contributed by atoms with van der Waals surface area (Å²) in [6.07, 6.45) is -1.47. The van der Waals surface area contributed by atoms with Gasteiger partial charge in [-0.15, -0.1) is 0 Å². The largest absolute Gasteiger partial charge is 0.416 e. The molecule has 1 aliphatic rings. The number of nitrogens with zero attached hydrogens (tertiary/aromatic N) is 5. The van der Waals surface area contributed by atoms with E-state index in [0.717, 1.165) is 12.1 Å². The maximum absolute atomic E-state index is 12.6. The smallest absolute Gasteiger partial charge is 0.352 e. The first-order valence-corrected chi connectivity index (χ1v) is 8.38. The summed E-state index contributed by atoms with van der Waals surface area (Å²) >= 11 is 6.10. The molecule has 0 unspecified atom stereocenters. The third-order valence-electron chi connectivity index (χ3n) is 4.06. The number of benzene rings is 1. The minimum Gasteiger partial charge on any atom is -0.352 e. The molecule has 1 aromatic carbocycles. The zero-order chi connectivity index (χ0) is 19.4. The Balaban J connectivity index is 1.68. The zero-order valence-electron chi connectivity index (χ0n) is 14.0. The maximum Gasteiger partial charge on any atom is 0.416 e. The van der Waals surface area contributed by atoms with E-state index in [4.69, 9.17) is 11.6 Å². The quantitative estimate of drug-likeness (QED) is 0.458. The van der Waals surface area contributed by atoms with E-state index in [0.29, 0.717) is 42.7 Å². The Morgan fingerprint density at radius 2 is 1.81 bits per heavy atom. The first kappa shape index (κ1) is 19.2. The summed E-state index contributed by atoms with van der Waals surface area (Å²) < 4.78 is 37.9. The van der Waals surface area contributed by atoms with Gasteiger partial charge in [0, 0.05) is 26.2 Å². The standard InChI is InChI=1S/C16H16ClF3N6O/c17-13-9-21-10-22-14(13)25-5-7-26(8-6-25)15(24-27)23-12-3-1-11(2-4-12)16(18,19)20/h1-4,9-10,27H,5-8H2,(H,23,24). The van der Waals surface area contributed by atoms with E-state index in [2.05, 4.69) is 15.0 Å². The van der Waals surface area contributed by atoms with Crippen molar-refractivity contribution < 1.29 is 18.4 Å². The van der Waals surface area contributed by atoms with Crippen molar-refractivity contribution in [3.05, 3.63) is 47.4 Å². The number of halogens is 4. The lowest BCUT2D eigenvalue weighted by atomic mass is 10.2. The van der Waals surface area contributed by atoms with Gasteiger partial charge in [-0.3, -0.25) is 5.21 Å². The highest BCUT2D eigenvalue weighted by Crippen LogP contribution is 2.30. The highest BCUT2D eigenvalue weighted by molar-refractivity contribution is 6.32. The van der Waals surface area contributed by atoms with Gasteiger partial charge in [0.1, 0.15) is 11.3 Å². The predicted octanol–water partition coefficient (Wildman–Crippen LogP) is 2.94. The van der Waals surface area contributed by atoms with Crippen molar-refractivity contribution >= 4 is 29.1 Å². The van der Waals surface area contributed by atoms with Crippen LogP contribution < -0.4 is 10.4 Å². The molecule has 7 nitrogen and oxygen atoms in total. The lowest BCUT2D eigenvalue weighted by molar-refractivity contribution is -0.137. The van der Waals surface area contributed by atoms with Crippen molar-refractivity contribution in [1.82, 2.24) is 20.3 Å². The molecule has 27 heavy (non-hydrogen) atoms. The molecular weight excluding hydrogens is 385 g/mol. The fourth-order valence-electron chi connectivity index (χ4n) is 2.68. The van der Waals surface area contributed by atoms with E-state index >= 15 is 0 Å². The van der Waals surface area contributed by atoms with Crippen LogP contribution in [0.1, 0.15) is 5.56 Å². The topological polar surface area (TPSA) is 76.9 Å². The van der Waals surface area contributed by atoms with Crippen LogP contribution in [0.25, 0.3) is 0 Å². The van der Waals surface area contributed by atoms with Crippen molar-refractivity contribution in [1.29, 1.82) is 0 Å². The fraction of sp³-hybridized carbons (Fsp3) is 0.312. The number of guanidine groups is 1. The Morgan fingerprint density at radius 3 is 2.37 bits per heavy atom. The summed E-state index contributed by atoms with van der Waals surface area (Å²) in [7, 11) is 0. The van der Waals surface area contributed by atoms with Crippen LogP contribution in [-0.4, -0.2) is 52.2 Å². The molecule has 1 saturated heterocycles. The van der Waals surface area contributed by atoms with Crippen LogP contribution in [0.15, 0.2) is 41.8 Å². The molecule has 0 atom stereocenters. The molecule has 3 rings (SSSR count). The second-order valence-corrected chi connectivity index (χ2v) is 6.17. The maximum atomic E-state index is 12.6. The van der Waals surface area contributed by atoms with Crippen LogP contribution in [0.4, 0.5) is 24.7 Å². The number of aliphatic imine (C=N–C) groups is 1. The molecule has 1 aliphatic heterocycles. The summed E-state index contributed by atoms with van der Waals surface area (Å²) in [5, 5.41) is 9.84. The number of hydrogen-bond acceptors (Lipinski definition) is 5. The van der Waals surface area contributed by atoms with Crippen molar-refractivity contribution in [3.8, 4) is 0 Å². The van der Waals surface area contributed by atoms with Gasteiger partial charge in [-0.2, -0.15) is 13.2 Å². The molecule has 0 amide bonds. The SMILES string of the molecule is ONC(=Nc1ccc(C(F)(F)F)cc1)N1CCN(c2ncncc2Cl)CC1. The molecule has 2 heterocycles. The Bertz CT molecular complexity index is 807. The highest BCUT2D eigenvalue weighted by Gasteiger charge is 2.30. The minimum atomic E-state index is -4.40. The molecule has 144 valence electrons. The van der Waals surface area contributed by atoms with Gasteiger partial charge in [0.2, 0.25) is 5.96 Å². The van der Waals surface area contributed by atoms with Gasteiger partial charge < -0.3 is 9.80 Å². The van der Waals surface area contributed by atoms with Gasteiger partial charge in [0.15, 0.2) is 5.82 Å². The van der Waals surface area contributed by atoms with E-state index in [9.17, 15) is 18.4 Å². The molecule has 0 bridgehead atoms. The van der Waals surface area contributed by atoms with Crippen molar-refractivity contribution in [2.75, 3.05) is 31.1 Å². The highest BCUT2D eigenvalue weighted by atomic mass is 35.5. The summed E-state index contributed by atoms with van der Waals surface area (Å²) in [5.74, 6) is 0.785. The third kappa shape index (κ3) is 4.58. The van der Waals surface area contributed by atoms with E-state index in [-0.39, 0.29) is 5.96 Å². The van der Waals surface area contributed by atoms with Gasteiger partial charge in [0.05, 0.1) is 17.4 Å². The number of nitrogens with one attached hydrogen (secondary N) is 1. The van der Waals surface area contributed by atoms with E-state index in [1.54, 1.807) is 4.90 Å². The van der Waals surface area contributed by atoms with Crippen molar-refractivity contribution in [2.45, 2.75) is 6.18 Å². The number of piperazine rings is 1. The number of alkyl halides is 3. The van der Waals surface area contributed by atoms with E-state index < -0.39 is 11.7 Å². The Morgan fingerprint density at radius 1 is 1.15 bits per heavy atom. The summed E-state index contributed by atoms with van der Waals surface area (Å²) in [6.45, 7) is 2.16. The van der Waals surface area contributed by atoms with Crippen molar-refractivity contribution in [2.24, 2.45) is 4.99 Å². The van der Waals surface area contributed by atoms with Gasteiger partial charge in [-0.1, -0.05) is 11.6 Å². The normalized spacial score (nSPS) is 15.8. The van der Waals surface area contributed by atoms with Gasteiger partial charge in [-0.25, -0.2) is 20.4 Å². The number of rotatable bonds is 2. The molecule has 1 aromatic heterocycles. The van der Waals surface area contributed by atoms with Crippen LogP contribution >= 0.6 is 11.6 Å². The zero-order valence-corrected chi connectivity index (χ0v) is 14.7. The first-order chi connectivity index (χ1) is 12.9. The Kier molecular flexibility index (Phi) is 5.66. The second-order valence-electron chi connectivity index (χ2n) is 5.76. The molecule has 0 spiro atoms. The van der Waals surface area contributed by atoms with E-state index in [1.807, 2.05) is 10.4 Å². The lowest BCUT2D eigenvalue weighted by Crippen LogP contribution is -2.52. The number of aromatic nitrogens is 2. The summed E-state index contributed by atoms with van der Waals surface area (Å²) in [5.41, 5.74) is 1.55. The molecule has 2 aromatic rings. The van der Waals surface area contributed by atoms with Crippen molar-refractivity contribution in [3.63, 3.8) is 0 Å². The average Bonchev–Trinajstić information content (AvgIpc) is 2.66. The monoisotopic (exact) mass is 400 g/mol. The molecule has 0 saturated carbocycles. The summed E-state index contributed by atoms with van der Waals surface area (Å²) in [6, 6.07) is 4.39. The molecule has 0 aliphatic carbocycles. The van der Waals surface area contributed by atoms with Crippen LogP contribution in [0.5, 0.6) is 0 Å². The van der Waals surface area contributed by atoms with Crippen LogP contribution in [0, 0.1) is 0 Å². The number of hydroxylamine groups is 1.